The van der Waals surface area contributed by atoms with Crippen LogP contribution in [0.3, 0.4) is 0 Å². The van der Waals surface area contributed by atoms with Gasteiger partial charge in [0.05, 0.1) is 13.7 Å². The Hall–Kier alpha value is -2.08. The van der Waals surface area contributed by atoms with Crippen molar-refractivity contribution in [2.75, 3.05) is 26.1 Å². The molecule has 138 valence electrons. The number of anilines is 1. The van der Waals surface area contributed by atoms with Crippen molar-refractivity contribution >= 4 is 17.6 Å². The molecule has 1 saturated carbocycles. The maximum absolute atomic E-state index is 12.7. The SMILES string of the molecule is CCCOc1ccc(NC(=O)C2(OC)CCCCC2)cc1C(=O)OC. The molecule has 6 nitrogen and oxygen atoms in total. The Labute approximate surface area is 148 Å². The first-order valence-electron chi connectivity index (χ1n) is 8.78. The molecule has 1 aromatic rings. The van der Waals surface area contributed by atoms with E-state index in [9.17, 15) is 9.59 Å². The van der Waals surface area contributed by atoms with E-state index in [-0.39, 0.29) is 5.91 Å². The van der Waals surface area contributed by atoms with Crippen LogP contribution in [0.25, 0.3) is 0 Å². The number of carbonyl (C=O) groups excluding carboxylic acids is 2. The average Bonchev–Trinajstić information content (AvgIpc) is 2.66. The van der Waals surface area contributed by atoms with Gasteiger partial charge in [-0.05, 0) is 37.5 Å². The predicted octanol–water partition coefficient (Wildman–Crippen LogP) is 3.55. The van der Waals surface area contributed by atoms with Gasteiger partial charge < -0.3 is 19.5 Å². The highest BCUT2D eigenvalue weighted by atomic mass is 16.5. The molecule has 0 aromatic heterocycles. The van der Waals surface area contributed by atoms with Gasteiger partial charge in [-0.2, -0.15) is 0 Å². The molecular formula is C19H27NO5. The van der Waals surface area contributed by atoms with Crippen molar-refractivity contribution in [2.45, 2.75) is 51.0 Å². The van der Waals surface area contributed by atoms with Crippen molar-refractivity contribution in [3.05, 3.63) is 23.8 Å². The Kier molecular flexibility index (Phi) is 6.82. The molecule has 1 aromatic carbocycles. The van der Waals surface area contributed by atoms with Crippen LogP contribution in [-0.2, 0) is 14.3 Å². The number of amides is 1. The summed E-state index contributed by atoms with van der Waals surface area (Å²) in [6.45, 7) is 2.49. The number of carbonyl (C=O) groups is 2. The van der Waals surface area contributed by atoms with Crippen LogP contribution >= 0.6 is 0 Å². The summed E-state index contributed by atoms with van der Waals surface area (Å²) in [5, 5.41) is 2.88. The van der Waals surface area contributed by atoms with E-state index in [0.717, 1.165) is 25.7 Å². The monoisotopic (exact) mass is 349 g/mol. The molecule has 1 aliphatic carbocycles. The summed E-state index contributed by atoms with van der Waals surface area (Å²) >= 11 is 0. The Morgan fingerprint density at radius 1 is 1.16 bits per heavy atom. The fourth-order valence-electron chi connectivity index (χ4n) is 3.11. The first-order chi connectivity index (χ1) is 12.1. The molecule has 0 bridgehead atoms. The van der Waals surface area contributed by atoms with Crippen molar-refractivity contribution in [2.24, 2.45) is 0 Å². The van der Waals surface area contributed by atoms with Gasteiger partial charge in [0.1, 0.15) is 16.9 Å². The third-order valence-electron chi connectivity index (χ3n) is 4.57. The molecule has 2 rings (SSSR count). The van der Waals surface area contributed by atoms with Gasteiger partial charge in [0, 0.05) is 12.8 Å². The summed E-state index contributed by atoms with van der Waals surface area (Å²) in [6, 6.07) is 4.99. The van der Waals surface area contributed by atoms with E-state index >= 15 is 0 Å². The number of rotatable bonds is 7. The Morgan fingerprint density at radius 3 is 2.48 bits per heavy atom. The van der Waals surface area contributed by atoms with E-state index in [1.165, 1.54) is 7.11 Å². The lowest BCUT2D eigenvalue weighted by Crippen LogP contribution is -2.46. The molecule has 0 radical (unpaired) electrons. The molecule has 0 saturated heterocycles. The summed E-state index contributed by atoms with van der Waals surface area (Å²) in [5.74, 6) is -0.222. The molecular weight excluding hydrogens is 322 g/mol. The fourth-order valence-corrected chi connectivity index (χ4v) is 3.11. The van der Waals surface area contributed by atoms with Crippen LogP contribution < -0.4 is 10.1 Å². The second kappa shape index (κ2) is 8.85. The molecule has 6 heteroatoms. The molecule has 0 aliphatic heterocycles. The molecule has 1 N–H and O–H groups in total. The highest BCUT2D eigenvalue weighted by Crippen LogP contribution is 2.33. The van der Waals surface area contributed by atoms with Crippen molar-refractivity contribution < 1.29 is 23.8 Å². The van der Waals surface area contributed by atoms with E-state index in [2.05, 4.69) is 5.32 Å². The van der Waals surface area contributed by atoms with E-state index in [4.69, 9.17) is 14.2 Å². The Morgan fingerprint density at radius 2 is 1.88 bits per heavy atom. The lowest BCUT2D eigenvalue weighted by molar-refractivity contribution is -0.141. The van der Waals surface area contributed by atoms with Crippen LogP contribution in [0.5, 0.6) is 5.75 Å². The number of hydrogen-bond acceptors (Lipinski definition) is 5. The summed E-state index contributed by atoms with van der Waals surface area (Å²) < 4.78 is 16.0. The normalized spacial score (nSPS) is 16.1. The van der Waals surface area contributed by atoms with Crippen molar-refractivity contribution in [3.63, 3.8) is 0 Å². The third-order valence-corrected chi connectivity index (χ3v) is 4.57. The van der Waals surface area contributed by atoms with Crippen LogP contribution in [0.1, 0.15) is 55.8 Å². The van der Waals surface area contributed by atoms with Gasteiger partial charge in [0.15, 0.2) is 0 Å². The topological polar surface area (TPSA) is 73.9 Å². The molecule has 25 heavy (non-hydrogen) atoms. The second-order valence-electron chi connectivity index (χ2n) is 6.26. The lowest BCUT2D eigenvalue weighted by Gasteiger charge is -2.34. The van der Waals surface area contributed by atoms with Crippen LogP contribution in [0, 0.1) is 0 Å². The lowest BCUT2D eigenvalue weighted by atomic mass is 9.84. The molecule has 1 fully saturated rings. The summed E-state index contributed by atoms with van der Waals surface area (Å²) in [6.07, 6.45) is 5.30. The maximum atomic E-state index is 12.7. The van der Waals surface area contributed by atoms with Gasteiger partial charge in [0.2, 0.25) is 0 Å². The highest BCUT2D eigenvalue weighted by molar-refractivity contribution is 5.99. The van der Waals surface area contributed by atoms with E-state index in [1.807, 2.05) is 6.92 Å². The van der Waals surface area contributed by atoms with Gasteiger partial charge >= 0.3 is 5.97 Å². The zero-order chi connectivity index (χ0) is 18.3. The van der Waals surface area contributed by atoms with E-state index < -0.39 is 11.6 Å². The van der Waals surface area contributed by atoms with Gasteiger partial charge in [-0.25, -0.2) is 4.79 Å². The smallest absolute Gasteiger partial charge is 0.341 e. The standard InChI is InChI=1S/C19H27NO5/c1-4-12-25-16-9-8-14(13-15(16)17(21)23-2)20-18(22)19(24-3)10-6-5-7-11-19/h8-9,13H,4-7,10-12H2,1-3H3,(H,20,22). The van der Waals surface area contributed by atoms with Crippen LogP contribution in [-0.4, -0.2) is 38.3 Å². The van der Waals surface area contributed by atoms with E-state index in [0.29, 0.717) is 36.4 Å². The van der Waals surface area contributed by atoms with Crippen LogP contribution in [0.4, 0.5) is 5.69 Å². The zero-order valence-electron chi connectivity index (χ0n) is 15.2. The molecule has 0 atom stereocenters. The first kappa shape index (κ1) is 19.2. The van der Waals surface area contributed by atoms with Crippen molar-refractivity contribution in [1.29, 1.82) is 0 Å². The van der Waals surface area contributed by atoms with Gasteiger partial charge in [-0.3, -0.25) is 4.79 Å². The van der Waals surface area contributed by atoms with Crippen LogP contribution in [0.2, 0.25) is 0 Å². The van der Waals surface area contributed by atoms with Gasteiger partial charge in [0.25, 0.3) is 5.91 Å². The third kappa shape index (κ3) is 4.51. The number of ether oxygens (including phenoxy) is 3. The van der Waals surface area contributed by atoms with Crippen molar-refractivity contribution in [3.8, 4) is 5.75 Å². The van der Waals surface area contributed by atoms with Gasteiger partial charge in [-0.1, -0.05) is 26.2 Å². The minimum Gasteiger partial charge on any atom is -0.493 e. The minimum atomic E-state index is -0.791. The number of esters is 1. The fraction of sp³-hybridized carbons (Fsp3) is 0.579. The predicted molar refractivity (Wildman–Crippen MR) is 95.0 cm³/mol. The Bertz CT molecular complexity index is 608. The number of methoxy groups -OCH3 is 2. The zero-order valence-corrected chi connectivity index (χ0v) is 15.2. The average molecular weight is 349 g/mol. The van der Waals surface area contributed by atoms with E-state index in [1.54, 1.807) is 25.3 Å². The number of hydrogen-bond donors (Lipinski definition) is 1. The van der Waals surface area contributed by atoms with Gasteiger partial charge in [-0.15, -0.1) is 0 Å². The number of benzene rings is 1. The second-order valence-corrected chi connectivity index (χ2v) is 6.26. The summed E-state index contributed by atoms with van der Waals surface area (Å²) in [4.78, 5) is 24.8. The molecule has 1 amide bonds. The number of nitrogens with one attached hydrogen (secondary N) is 1. The molecule has 0 heterocycles. The molecule has 0 spiro atoms. The summed E-state index contributed by atoms with van der Waals surface area (Å²) in [7, 11) is 2.89. The van der Waals surface area contributed by atoms with Crippen molar-refractivity contribution in [1.82, 2.24) is 0 Å². The molecule has 0 unspecified atom stereocenters. The summed E-state index contributed by atoms with van der Waals surface area (Å²) in [5.41, 5.74) is 0.0289. The first-order valence-corrected chi connectivity index (χ1v) is 8.78. The Balaban J connectivity index is 2.21. The highest BCUT2D eigenvalue weighted by Gasteiger charge is 2.39. The minimum absolute atomic E-state index is 0.173. The largest absolute Gasteiger partial charge is 0.493 e. The maximum Gasteiger partial charge on any atom is 0.341 e. The quantitative estimate of drug-likeness (QED) is 0.762. The van der Waals surface area contributed by atoms with Crippen LogP contribution in [0.15, 0.2) is 18.2 Å². The molecule has 1 aliphatic rings.